The smallest absolute Gasteiger partial charge is 0.412 e. The van der Waals surface area contributed by atoms with Gasteiger partial charge in [0.1, 0.15) is 18.1 Å². The fourth-order valence-corrected chi connectivity index (χ4v) is 9.32. The number of carbonyl (C=O) groups excluding carboxylic acids is 2. The van der Waals surface area contributed by atoms with Crippen LogP contribution >= 0.6 is 0 Å². The van der Waals surface area contributed by atoms with Crippen LogP contribution in [-0.4, -0.2) is 50.6 Å². The van der Waals surface area contributed by atoms with Crippen LogP contribution in [0.3, 0.4) is 0 Å². The number of nitrogens with one attached hydrogen (secondary N) is 3. The minimum absolute atomic E-state index is 0.00946. The van der Waals surface area contributed by atoms with Gasteiger partial charge in [-0.1, -0.05) is 93.9 Å². The maximum Gasteiger partial charge on any atom is 0.412 e. The molecular weight excluding hydrogens is 819 g/mol. The summed E-state index contributed by atoms with van der Waals surface area (Å²) in [6, 6.07) is 32.9. The summed E-state index contributed by atoms with van der Waals surface area (Å²) in [5.74, 6) is 0.176. The van der Waals surface area contributed by atoms with E-state index in [0.29, 0.717) is 35.7 Å². The molecule has 6 N–H and O–H groups in total. The number of pyridine rings is 1. The number of amides is 2. The first-order valence-corrected chi connectivity index (χ1v) is 25.0. The number of unbranched alkanes of at least 4 members (excludes halogenated alkanes) is 2. The molecule has 0 spiro atoms. The van der Waals surface area contributed by atoms with E-state index in [0.717, 1.165) is 76.6 Å². The molecule has 0 bridgehead atoms. The van der Waals surface area contributed by atoms with Crippen LogP contribution in [0.4, 0.5) is 21.9 Å². The van der Waals surface area contributed by atoms with Crippen molar-refractivity contribution in [2.24, 2.45) is 5.73 Å². The minimum atomic E-state index is -2.17. The minimum Gasteiger partial charge on any atom is -0.506 e. The number of carbonyl (C=O) groups is 2. The molecule has 334 valence electrons. The number of nitrogens with two attached hydrogens (primary N) is 1. The van der Waals surface area contributed by atoms with Crippen LogP contribution in [0.2, 0.25) is 18.1 Å². The van der Waals surface area contributed by atoms with Crippen LogP contribution in [-0.2, 0) is 28.6 Å². The van der Waals surface area contributed by atoms with Crippen LogP contribution in [0.15, 0.2) is 103 Å². The van der Waals surface area contributed by atoms with E-state index >= 15 is 0 Å². The number of ether oxygens (including phenoxy) is 2. The van der Waals surface area contributed by atoms with Crippen molar-refractivity contribution in [2.75, 3.05) is 30.8 Å². The van der Waals surface area contributed by atoms with E-state index < -0.39 is 20.3 Å². The van der Waals surface area contributed by atoms with E-state index in [1.807, 2.05) is 37.3 Å². The molecule has 0 saturated carbocycles. The number of aromatic hydroxyl groups is 1. The number of methoxy groups -OCH3 is 1. The van der Waals surface area contributed by atoms with Gasteiger partial charge < -0.3 is 35.4 Å². The van der Waals surface area contributed by atoms with E-state index in [2.05, 4.69) is 115 Å². The number of fused-ring (bicyclic) bond motifs is 2. The number of nitrogens with zero attached hydrogens (tertiary/aromatic N) is 1. The second kappa shape index (κ2) is 19.7. The molecular formula is C52H61N5O6Si. The summed E-state index contributed by atoms with van der Waals surface area (Å²) in [6.07, 6.45) is 5.64. The van der Waals surface area contributed by atoms with Crippen molar-refractivity contribution >= 4 is 48.3 Å². The van der Waals surface area contributed by atoms with Crippen molar-refractivity contribution in [2.45, 2.75) is 90.6 Å². The van der Waals surface area contributed by atoms with Gasteiger partial charge in [0.15, 0.2) is 8.32 Å². The molecule has 0 aliphatic carbocycles. The summed E-state index contributed by atoms with van der Waals surface area (Å²) in [5, 5.41) is 21.1. The average molecular weight is 880 g/mol. The SMILES string of the molecule is COc1cccc(Nc2c(C(N)=O)cnc3c(C)cc(Cc4cccc(-c5ccc(CCCCCNC[C@H](O[Si](C)(C)C(C)(C)C)c6ccc(O)c7c6COC(=O)N7)cc5)c4)cc23)c1. The molecule has 0 unspecified atom stereocenters. The Kier molecular flexibility index (Phi) is 14.1. The number of phenols is 1. The lowest BCUT2D eigenvalue weighted by Crippen LogP contribution is -2.44. The fraction of sp³-hybridized carbons (Fsp3) is 0.327. The molecule has 1 aromatic heterocycles. The summed E-state index contributed by atoms with van der Waals surface area (Å²) in [6.45, 7) is 14.8. The Morgan fingerprint density at radius 3 is 2.47 bits per heavy atom. The van der Waals surface area contributed by atoms with E-state index in [1.54, 1.807) is 19.4 Å². The van der Waals surface area contributed by atoms with Crippen molar-refractivity contribution in [3.05, 3.63) is 142 Å². The highest BCUT2D eigenvalue weighted by Gasteiger charge is 2.40. The number of anilines is 3. The van der Waals surface area contributed by atoms with Gasteiger partial charge in [0.05, 0.1) is 35.7 Å². The fourth-order valence-electron chi connectivity index (χ4n) is 8.04. The number of aryl methyl sites for hydroxylation is 2. The van der Waals surface area contributed by atoms with E-state index in [-0.39, 0.29) is 23.5 Å². The predicted octanol–water partition coefficient (Wildman–Crippen LogP) is 11.5. The summed E-state index contributed by atoms with van der Waals surface area (Å²) < 4.78 is 17.7. The Labute approximate surface area is 377 Å². The first kappa shape index (κ1) is 45.8. The number of benzene rings is 5. The lowest BCUT2D eigenvalue weighted by atomic mass is 9.95. The third-order valence-electron chi connectivity index (χ3n) is 12.6. The zero-order chi connectivity index (χ0) is 45.6. The summed E-state index contributed by atoms with van der Waals surface area (Å²) in [4.78, 5) is 29.2. The van der Waals surface area contributed by atoms with Crippen molar-refractivity contribution in [1.82, 2.24) is 10.3 Å². The number of hydrogen-bond donors (Lipinski definition) is 5. The zero-order valence-electron chi connectivity index (χ0n) is 38.1. The molecule has 1 atom stereocenters. The maximum absolute atomic E-state index is 12.6. The Morgan fingerprint density at radius 2 is 1.72 bits per heavy atom. The van der Waals surface area contributed by atoms with Crippen molar-refractivity contribution < 1.29 is 28.6 Å². The summed E-state index contributed by atoms with van der Waals surface area (Å²) in [5.41, 5.74) is 17.4. The van der Waals surface area contributed by atoms with Gasteiger partial charge in [-0.25, -0.2) is 4.79 Å². The summed E-state index contributed by atoms with van der Waals surface area (Å²) >= 11 is 0. The normalized spacial score (nSPS) is 13.2. The lowest BCUT2D eigenvalue weighted by Gasteiger charge is -2.40. The molecule has 5 aromatic carbocycles. The van der Waals surface area contributed by atoms with Crippen LogP contribution in [0.25, 0.3) is 22.0 Å². The highest BCUT2D eigenvalue weighted by Crippen LogP contribution is 2.43. The Morgan fingerprint density at radius 1 is 0.938 bits per heavy atom. The topological polar surface area (TPSA) is 157 Å². The Bertz CT molecular complexity index is 2640. The van der Waals surface area contributed by atoms with Gasteiger partial charge in [-0.15, -0.1) is 0 Å². The lowest BCUT2D eigenvalue weighted by molar-refractivity contribution is 0.100. The van der Waals surface area contributed by atoms with Crippen LogP contribution < -0.4 is 26.4 Å². The molecule has 0 saturated heterocycles. The quantitative estimate of drug-likeness (QED) is 0.0322. The van der Waals surface area contributed by atoms with E-state index in [4.69, 9.17) is 19.6 Å². The second-order valence-electron chi connectivity index (χ2n) is 18.3. The van der Waals surface area contributed by atoms with Gasteiger partial charge in [-0.2, -0.15) is 0 Å². The molecule has 2 amide bonds. The van der Waals surface area contributed by atoms with Gasteiger partial charge in [0.2, 0.25) is 0 Å². The Hall–Kier alpha value is -6.21. The number of rotatable bonds is 18. The number of primary amides is 1. The number of cyclic esters (lactones) is 1. The summed E-state index contributed by atoms with van der Waals surface area (Å²) in [7, 11) is -0.543. The van der Waals surface area contributed by atoms with Gasteiger partial charge >= 0.3 is 6.09 Å². The number of aromatic nitrogens is 1. The number of phenolic OH excluding ortho intramolecular Hbond substituents is 1. The average Bonchev–Trinajstić information content (AvgIpc) is 3.26. The van der Waals surface area contributed by atoms with E-state index in [9.17, 15) is 14.7 Å². The standard InChI is InChI=1S/C52H61N5O6Si/c1-33-25-36(28-42-47(33)55-30-43(50(53)59)48(42)56-39-16-12-17-40(29-39)61-5)26-35-14-11-15-38(27-35)37-20-18-34(19-21-37)13-9-8-10-24-54-31-46(63-64(6,7)52(2,3)4)41-22-23-45(58)49-44(41)32-62-51(60)57-49/h11-12,14-23,25,27-30,46,54,58H,8-10,13,24,26,31-32H2,1-7H3,(H2,53,59)(H,55,56)(H,57,60)/t46-/m0/s1. The van der Waals surface area contributed by atoms with Gasteiger partial charge in [0.25, 0.3) is 5.91 Å². The molecule has 11 nitrogen and oxygen atoms in total. The largest absolute Gasteiger partial charge is 0.506 e. The highest BCUT2D eigenvalue weighted by molar-refractivity contribution is 6.74. The molecule has 12 heteroatoms. The molecule has 0 radical (unpaired) electrons. The first-order chi connectivity index (χ1) is 30.6. The van der Waals surface area contributed by atoms with Crippen molar-refractivity contribution in [3.63, 3.8) is 0 Å². The molecule has 1 aliphatic rings. The Balaban J connectivity index is 0.951. The molecule has 1 aliphatic heterocycles. The van der Waals surface area contributed by atoms with Crippen LogP contribution in [0, 0.1) is 6.92 Å². The molecule has 0 fully saturated rings. The van der Waals surface area contributed by atoms with E-state index in [1.165, 1.54) is 16.7 Å². The molecule has 7 rings (SSSR count). The molecule has 6 aromatic rings. The zero-order valence-corrected chi connectivity index (χ0v) is 39.1. The highest BCUT2D eigenvalue weighted by atomic mass is 28.4. The monoisotopic (exact) mass is 879 g/mol. The first-order valence-electron chi connectivity index (χ1n) is 22.1. The second-order valence-corrected chi connectivity index (χ2v) is 23.0. The predicted molar refractivity (Wildman–Crippen MR) is 259 cm³/mol. The molecule has 2 heterocycles. The van der Waals surface area contributed by atoms with Crippen LogP contribution in [0.1, 0.15) is 89.9 Å². The van der Waals surface area contributed by atoms with Crippen molar-refractivity contribution in [1.29, 1.82) is 0 Å². The number of hydrogen-bond acceptors (Lipinski definition) is 9. The maximum atomic E-state index is 12.6. The third-order valence-corrected chi connectivity index (χ3v) is 17.1. The van der Waals surface area contributed by atoms with Gasteiger partial charge in [-0.3, -0.25) is 15.1 Å². The van der Waals surface area contributed by atoms with Crippen molar-refractivity contribution in [3.8, 4) is 22.6 Å². The van der Waals surface area contributed by atoms with Gasteiger partial charge in [-0.05, 0) is 120 Å². The van der Waals surface area contributed by atoms with Crippen LogP contribution in [0.5, 0.6) is 11.5 Å². The third kappa shape index (κ3) is 10.8. The molecule has 64 heavy (non-hydrogen) atoms. The van der Waals surface area contributed by atoms with Gasteiger partial charge in [0, 0.05) is 35.4 Å².